The van der Waals surface area contributed by atoms with Crippen LogP contribution in [0.2, 0.25) is 0 Å². The number of hydrogen-bond donors (Lipinski definition) is 0. The van der Waals surface area contributed by atoms with E-state index < -0.39 is 4.92 Å². The summed E-state index contributed by atoms with van der Waals surface area (Å²) in [5, 5.41) is 14.4. The van der Waals surface area contributed by atoms with Crippen LogP contribution in [0.3, 0.4) is 0 Å². The molecule has 12 heavy (non-hydrogen) atoms. The molecule has 0 saturated heterocycles. The number of nitrogens with zero attached hydrogens (tertiary/aromatic N) is 3. The Hall–Kier alpha value is -1.39. The molecule has 1 aromatic rings. The molecule has 0 saturated carbocycles. The topological polar surface area (TPSA) is 61.0 Å². The van der Waals surface area contributed by atoms with E-state index in [9.17, 15) is 10.1 Å². The van der Waals surface area contributed by atoms with E-state index in [4.69, 9.17) is 0 Å². The molecule has 66 valence electrons. The Bertz CT molecular complexity index is 293. The third kappa shape index (κ3) is 1.61. The lowest BCUT2D eigenvalue weighted by Crippen LogP contribution is -1.96. The predicted molar refractivity (Wildman–Crippen MR) is 43.9 cm³/mol. The molecule has 0 spiro atoms. The van der Waals surface area contributed by atoms with Gasteiger partial charge in [-0.1, -0.05) is 6.92 Å². The molecule has 0 unspecified atom stereocenters. The lowest BCUT2D eigenvalue weighted by atomic mass is 10.4. The van der Waals surface area contributed by atoms with Crippen molar-refractivity contribution in [1.29, 1.82) is 0 Å². The molecule has 1 rings (SSSR count). The summed E-state index contributed by atoms with van der Waals surface area (Å²) in [7, 11) is 0. The van der Waals surface area contributed by atoms with Crippen molar-refractivity contribution in [3.8, 4) is 0 Å². The summed E-state index contributed by atoms with van der Waals surface area (Å²) in [5.41, 5.74) is 0.580. The van der Waals surface area contributed by atoms with Crippen LogP contribution in [0.25, 0.3) is 0 Å². The maximum Gasteiger partial charge on any atom is 0.309 e. The Morgan fingerprint density at radius 3 is 2.83 bits per heavy atom. The van der Waals surface area contributed by atoms with Crippen molar-refractivity contribution >= 4 is 5.69 Å². The third-order valence-corrected chi connectivity index (χ3v) is 1.57. The van der Waals surface area contributed by atoms with Crippen LogP contribution in [0.1, 0.15) is 19.0 Å². The van der Waals surface area contributed by atoms with Gasteiger partial charge in [-0.25, -0.2) is 0 Å². The van der Waals surface area contributed by atoms with Crippen molar-refractivity contribution in [2.75, 3.05) is 0 Å². The zero-order chi connectivity index (χ0) is 9.14. The second-order valence-corrected chi connectivity index (χ2v) is 2.62. The summed E-state index contributed by atoms with van der Waals surface area (Å²) >= 11 is 0. The van der Waals surface area contributed by atoms with Gasteiger partial charge in [0.1, 0.15) is 11.9 Å². The molecule has 5 heteroatoms. The molecule has 0 aromatic carbocycles. The molecule has 5 nitrogen and oxygen atoms in total. The van der Waals surface area contributed by atoms with E-state index in [0.717, 1.165) is 13.0 Å². The molecule has 0 aliphatic rings. The maximum absolute atomic E-state index is 10.4. The zero-order valence-electron chi connectivity index (χ0n) is 7.15. The summed E-state index contributed by atoms with van der Waals surface area (Å²) in [6.45, 7) is 4.38. The molecule has 0 aliphatic heterocycles. The van der Waals surface area contributed by atoms with E-state index in [-0.39, 0.29) is 5.69 Å². The van der Waals surface area contributed by atoms with Gasteiger partial charge in [0.2, 0.25) is 0 Å². The zero-order valence-corrected chi connectivity index (χ0v) is 7.15. The van der Waals surface area contributed by atoms with Crippen molar-refractivity contribution in [1.82, 2.24) is 9.78 Å². The molecule has 0 aliphatic carbocycles. The van der Waals surface area contributed by atoms with E-state index in [2.05, 4.69) is 5.10 Å². The summed E-state index contributed by atoms with van der Waals surface area (Å²) in [6, 6.07) is 0. The SMILES string of the molecule is CCCn1cc([N+](=O)[O-])c(C)n1. The first-order valence-corrected chi connectivity index (χ1v) is 3.83. The van der Waals surface area contributed by atoms with Crippen molar-refractivity contribution in [2.45, 2.75) is 26.8 Å². The Labute approximate surface area is 70.2 Å². The van der Waals surface area contributed by atoms with Crippen LogP contribution in [-0.4, -0.2) is 14.7 Å². The minimum Gasteiger partial charge on any atom is -0.265 e. The minimum atomic E-state index is -0.408. The average Bonchev–Trinajstić information content (AvgIpc) is 2.32. The number of rotatable bonds is 3. The quantitative estimate of drug-likeness (QED) is 0.509. The first kappa shape index (κ1) is 8.70. The normalized spacial score (nSPS) is 10.2. The van der Waals surface area contributed by atoms with Gasteiger partial charge in [0.25, 0.3) is 0 Å². The van der Waals surface area contributed by atoms with E-state index >= 15 is 0 Å². The summed E-state index contributed by atoms with van der Waals surface area (Å²) in [4.78, 5) is 9.98. The van der Waals surface area contributed by atoms with Gasteiger partial charge in [0.15, 0.2) is 0 Å². The van der Waals surface area contributed by atoms with E-state index in [1.807, 2.05) is 6.92 Å². The van der Waals surface area contributed by atoms with Crippen molar-refractivity contribution in [3.63, 3.8) is 0 Å². The fourth-order valence-electron chi connectivity index (χ4n) is 1.03. The number of aryl methyl sites for hydroxylation is 2. The van der Waals surface area contributed by atoms with Gasteiger partial charge in [0, 0.05) is 6.54 Å². The number of hydrogen-bond acceptors (Lipinski definition) is 3. The Morgan fingerprint density at radius 1 is 1.75 bits per heavy atom. The molecule has 0 bridgehead atoms. The summed E-state index contributed by atoms with van der Waals surface area (Å²) < 4.78 is 1.60. The molecule has 0 fully saturated rings. The van der Waals surface area contributed by atoms with Gasteiger partial charge in [-0.05, 0) is 13.3 Å². The second-order valence-electron chi connectivity index (χ2n) is 2.62. The van der Waals surface area contributed by atoms with Crippen LogP contribution in [0.4, 0.5) is 5.69 Å². The standard InChI is InChI=1S/C7H11N3O2/c1-3-4-9-5-7(10(11)12)6(2)8-9/h5H,3-4H2,1-2H3. The Balaban J connectivity index is 2.92. The van der Waals surface area contributed by atoms with Gasteiger partial charge < -0.3 is 0 Å². The van der Waals surface area contributed by atoms with E-state index in [1.165, 1.54) is 6.20 Å². The summed E-state index contributed by atoms with van der Waals surface area (Å²) in [5.74, 6) is 0. The highest BCUT2D eigenvalue weighted by atomic mass is 16.6. The molecule has 0 radical (unpaired) electrons. The Kier molecular flexibility index (Phi) is 2.42. The average molecular weight is 169 g/mol. The molecular formula is C7H11N3O2. The molecular weight excluding hydrogens is 158 g/mol. The van der Waals surface area contributed by atoms with Crippen LogP contribution in [0.5, 0.6) is 0 Å². The van der Waals surface area contributed by atoms with Gasteiger partial charge in [-0.2, -0.15) is 5.10 Å². The third-order valence-electron chi connectivity index (χ3n) is 1.57. The van der Waals surface area contributed by atoms with Gasteiger partial charge in [-0.3, -0.25) is 14.8 Å². The highest BCUT2D eigenvalue weighted by Crippen LogP contribution is 2.14. The van der Waals surface area contributed by atoms with Crippen LogP contribution >= 0.6 is 0 Å². The molecule has 1 aromatic heterocycles. The predicted octanol–water partition coefficient (Wildman–Crippen LogP) is 1.51. The highest BCUT2D eigenvalue weighted by Gasteiger charge is 2.14. The minimum absolute atomic E-state index is 0.100. The van der Waals surface area contributed by atoms with E-state index in [1.54, 1.807) is 11.6 Å². The molecule has 0 atom stereocenters. The monoisotopic (exact) mass is 169 g/mol. The lowest BCUT2D eigenvalue weighted by molar-refractivity contribution is -0.385. The highest BCUT2D eigenvalue weighted by molar-refractivity contribution is 5.30. The molecule has 1 heterocycles. The number of aromatic nitrogens is 2. The number of nitro groups is 1. The fourth-order valence-corrected chi connectivity index (χ4v) is 1.03. The van der Waals surface area contributed by atoms with Gasteiger partial charge >= 0.3 is 5.69 Å². The fraction of sp³-hybridized carbons (Fsp3) is 0.571. The van der Waals surface area contributed by atoms with Gasteiger partial charge in [0.05, 0.1) is 4.92 Å². The van der Waals surface area contributed by atoms with Crippen LogP contribution in [-0.2, 0) is 6.54 Å². The van der Waals surface area contributed by atoms with Gasteiger partial charge in [-0.15, -0.1) is 0 Å². The van der Waals surface area contributed by atoms with Crippen molar-refractivity contribution < 1.29 is 4.92 Å². The van der Waals surface area contributed by atoms with Crippen molar-refractivity contribution in [2.24, 2.45) is 0 Å². The van der Waals surface area contributed by atoms with Crippen LogP contribution in [0.15, 0.2) is 6.20 Å². The lowest BCUT2D eigenvalue weighted by Gasteiger charge is -1.92. The summed E-state index contributed by atoms with van der Waals surface area (Å²) in [6.07, 6.45) is 2.40. The second kappa shape index (κ2) is 3.34. The smallest absolute Gasteiger partial charge is 0.265 e. The van der Waals surface area contributed by atoms with Crippen LogP contribution < -0.4 is 0 Å². The largest absolute Gasteiger partial charge is 0.309 e. The first-order valence-electron chi connectivity index (χ1n) is 3.83. The van der Waals surface area contributed by atoms with E-state index in [0.29, 0.717) is 5.69 Å². The molecule has 0 amide bonds. The maximum atomic E-state index is 10.4. The Morgan fingerprint density at radius 2 is 2.42 bits per heavy atom. The van der Waals surface area contributed by atoms with Crippen molar-refractivity contribution in [3.05, 3.63) is 22.0 Å². The van der Waals surface area contributed by atoms with Crippen LogP contribution in [0, 0.1) is 17.0 Å². The first-order chi connectivity index (χ1) is 5.65. The molecule has 0 N–H and O–H groups in total.